The number of pyridine rings is 1. The van der Waals surface area contributed by atoms with Crippen molar-refractivity contribution in [1.82, 2.24) is 4.98 Å². The highest BCUT2D eigenvalue weighted by Gasteiger charge is 2.18. The van der Waals surface area contributed by atoms with E-state index in [1.165, 1.54) is 0 Å². The van der Waals surface area contributed by atoms with Crippen LogP contribution in [0.25, 0.3) is 10.8 Å². The summed E-state index contributed by atoms with van der Waals surface area (Å²) in [6.07, 6.45) is 1.63. The Morgan fingerprint density at radius 1 is 1.25 bits per heavy atom. The largest absolute Gasteiger partial charge is 0.389 e. The van der Waals surface area contributed by atoms with Crippen molar-refractivity contribution in [3.05, 3.63) is 42.2 Å². The van der Waals surface area contributed by atoms with E-state index < -0.39 is 12.2 Å². The fourth-order valence-electron chi connectivity index (χ4n) is 1.71. The maximum Gasteiger partial charge on any atom is 0.106 e. The molecule has 16 heavy (non-hydrogen) atoms. The van der Waals surface area contributed by atoms with Crippen molar-refractivity contribution in [3.8, 4) is 0 Å². The van der Waals surface area contributed by atoms with Crippen molar-refractivity contribution in [2.24, 2.45) is 0 Å². The standard InChI is InChI=1S/C12H13NO2S/c14-11(7-16)12(15)10-3-1-2-8-6-13-5-4-9(8)10/h1-6,11-12,14-16H,7H2. The van der Waals surface area contributed by atoms with Gasteiger partial charge in [-0.3, -0.25) is 4.98 Å². The summed E-state index contributed by atoms with van der Waals surface area (Å²) in [5.41, 5.74) is 0.710. The summed E-state index contributed by atoms with van der Waals surface area (Å²) >= 11 is 3.98. The number of hydrogen-bond acceptors (Lipinski definition) is 4. The zero-order valence-electron chi connectivity index (χ0n) is 8.61. The highest BCUT2D eigenvalue weighted by atomic mass is 32.1. The molecular formula is C12H13NO2S. The predicted molar refractivity (Wildman–Crippen MR) is 66.6 cm³/mol. The van der Waals surface area contributed by atoms with Crippen molar-refractivity contribution in [2.45, 2.75) is 12.2 Å². The molecule has 1 aromatic heterocycles. The second-order valence-corrected chi connectivity index (χ2v) is 4.00. The number of aliphatic hydroxyl groups excluding tert-OH is 2. The minimum Gasteiger partial charge on any atom is -0.389 e. The summed E-state index contributed by atoms with van der Waals surface area (Å²) in [5, 5.41) is 21.4. The monoisotopic (exact) mass is 235 g/mol. The normalized spacial score (nSPS) is 14.9. The Morgan fingerprint density at radius 3 is 2.81 bits per heavy atom. The third-order valence-electron chi connectivity index (χ3n) is 2.58. The van der Waals surface area contributed by atoms with Crippen LogP contribution in [-0.4, -0.2) is 27.1 Å². The average Bonchev–Trinajstić information content (AvgIpc) is 2.36. The molecule has 3 nitrogen and oxygen atoms in total. The summed E-state index contributed by atoms with van der Waals surface area (Å²) < 4.78 is 0. The topological polar surface area (TPSA) is 53.4 Å². The molecule has 0 fully saturated rings. The van der Waals surface area contributed by atoms with Crippen LogP contribution >= 0.6 is 12.6 Å². The molecule has 84 valence electrons. The van der Waals surface area contributed by atoms with E-state index in [0.717, 1.165) is 10.8 Å². The van der Waals surface area contributed by atoms with Gasteiger partial charge in [-0.15, -0.1) is 0 Å². The molecule has 0 aliphatic carbocycles. The van der Waals surface area contributed by atoms with E-state index in [-0.39, 0.29) is 5.75 Å². The minimum absolute atomic E-state index is 0.225. The fraction of sp³-hybridized carbons (Fsp3) is 0.250. The van der Waals surface area contributed by atoms with Gasteiger partial charge in [0.15, 0.2) is 0 Å². The quantitative estimate of drug-likeness (QED) is 0.708. The van der Waals surface area contributed by atoms with Gasteiger partial charge >= 0.3 is 0 Å². The molecule has 4 heteroatoms. The molecule has 2 unspecified atom stereocenters. The highest BCUT2D eigenvalue weighted by Crippen LogP contribution is 2.25. The molecule has 0 saturated heterocycles. The number of rotatable bonds is 3. The number of aromatic nitrogens is 1. The van der Waals surface area contributed by atoms with Crippen molar-refractivity contribution in [2.75, 3.05) is 5.75 Å². The number of hydrogen-bond donors (Lipinski definition) is 3. The molecule has 2 rings (SSSR count). The lowest BCUT2D eigenvalue weighted by atomic mass is 9.99. The van der Waals surface area contributed by atoms with Crippen molar-refractivity contribution >= 4 is 23.4 Å². The van der Waals surface area contributed by atoms with E-state index in [4.69, 9.17) is 0 Å². The maximum absolute atomic E-state index is 9.97. The molecular weight excluding hydrogens is 222 g/mol. The van der Waals surface area contributed by atoms with Gasteiger partial charge in [0, 0.05) is 23.5 Å². The van der Waals surface area contributed by atoms with Crippen LogP contribution in [0.1, 0.15) is 11.7 Å². The summed E-state index contributed by atoms with van der Waals surface area (Å²) in [5.74, 6) is 0.225. The number of benzene rings is 1. The molecule has 0 aliphatic heterocycles. The molecule has 0 aliphatic rings. The highest BCUT2D eigenvalue weighted by molar-refractivity contribution is 7.80. The lowest BCUT2D eigenvalue weighted by molar-refractivity contribution is 0.0347. The zero-order chi connectivity index (χ0) is 11.5. The molecule has 0 saturated carbocycles. The van der Waals surface area contributed by atoms with E-state index in [1.54, 1.807) is 18.5 Å². The van der Waals surface area contributed by atoms with Crippen LogP contribution in [0.15, 0.2) is 36.7 Å². The van der Waals surface area contributed by atoms with Gasteiger partial charge in [-0.05, 0) is 17.0 Å². The first-order valence-corrected chi connectivity index (χ1v) is 5.67. The molecule has 0 bridgehead atoms. The van der Waals surface area contributed by atoms with Crippen molar-refractivity contribution in [3.63, 3.8) is 0 Å². The van der Waals surface area contributed by atoms with Crippen LogP contribution in [-0.2, 0) is 0 Å². The van der Waals surface area contributed by atoms with Gasteiger partial charge in [-0.1, -0.05) is 18.2 Å². The van der Waals surface area contributed by atoms with Gasteiger partial charge in [0.2, 0.25) is 0 Å². The van der Waals surface area contributed by atoms with E-state index >= 15 is 0 Å². The smallest absolute Gasteiger partial charge is 0.106 e. The van der Waals surface area contributed by atoms with Gasteiger partial charge in [0.1, 0.15) is 6.10 Å². The Bertz CT molecular complexity index is 484. The molecule has 1 heterocycles. The van der Waals surface area contributed by atoms with Crippen LogP contribution in [0.2, 0.25) is 0 Å². The Labute approximate surface area is 99.2 Å². The van der Waals surface area contributed by atoms with Crippen molar-refractivity contribution in [1.29, 1.82) is 0 Å². The molecule has 0 spiro atoms. The third-order valence-corrected chi connectivity index (χ3v) is 2.96. The van der Waals surface area contributed by atoms with Gasteiger partial charge in [0.05, 0.1) is 6.10 Å². The Hall–Kier alpha value is -1.10. The molecule has 2 atom stereocenters. The molecule has 2 aromatic rings. The fourth-order valence-corrected chi connectivity index (χ4v) is 1.91. The molecule has 1 aromatic carbocycles. The molecule has 2 N–H and O–H groups in total. The van der Waals surface area contributed by atoms with Crippen LogP contribution in [0.3, 0.4) is 0 Å². The summed E-state index contributed by atoms with van der Waals surface area (Å²) in [6, 6.07) is 7.40. The number of nitrogens with zero attached hydrogens (tertiary/aromatic N) is 1. The lowest BCUT2D eigenvalue weighted by Crippen LogP contribution is -2.19. The second kappa shape index (κ2) is 4.82. The number of aliphatic hydroxyl groups is 2. The van der Waals surface area contributed by atoms with Gasteiger partial charge in [-0.2, -0.15) is 12.6 Å². The third kappa shape index (κ3) is 2.04. The SMILES string of the molecule is OC(CS)C(O)c1cccc2cnccc12. The predicted octanol–water partition coefficient (Wildman–Crippen LogP) is 1.56. The van der Waals surface area contributed by atoms with E-state index in [0.29, 0.717) is 5.56 Å². The Morgan fingerprint density at radius 2 is 2.06 bits per heavy atom. The van der Waals surface area contributed by atoms with Gasteiger partial charge in [-0.25, -0.2) is 0 Å². The summed E-state index contributed by atoms with van der Waals surface area (Å²) in [4.78, 5) is 4.02. The minimum atomic E-state index is -0.913. The van der Waals surface area contributed by atoms with E-state index in [1.807, 2.05) is 18.2 Å². The van der Waals surface area contributed by atoms with E-state index in [2.05, 4.69) is 17.6 Å². The lowest BCUT2D eigenvalue weighted by Gasteiger charge is -2.17. The first-order chi connectivity index (χ1) is 7.74. The van der Waals surface area contributed by atoms with Crippen LogP contribution in [0.4, 0.5) is 0 Å². The second-order valence-electron chi connectivity index (χ2n) is 3.64. The van der Waals surface area contributed by atoms with Crippen molar-refractivity contribution < 1.29 is 10.2 Å². The van der Waals surface area contributed by atoms with Crippen LogP contribution in [0.5, 0.6) is 0 Å². The number of fused-ring (bicyclic) bond motifs is 1. The maximum atomic E-state index is 9.97. The van der Waals surface area contributed by atoms with Gasteiger partial charge < -0.3 is 10.2 Å². The molecule has 0 radical (unpaired) electrons. The van der Waals surface area contributed by atoms with Crippen LogP contribution in [0, 0.1) is 0 Å². The van der Waals surface area contributed by atoms with Crippen LogP contribution < -0.4 is 0 Å². The first-order valence-electron chi connectivity index (χ1n) is 5.03. The first kappa shape index (κ1) is 11.4. The van der Waals surface area contributed by atoms with Gasteiger partial charge in [0.25, 0.3) is 0 Å². The summed E-state index contributed by atoms with van der Waals surface area (Å²) in [7, 11) is 0. The Balaban J connectivity index is 2.52. The summed E-state index contributed by atoms with van der Waals surface area (Å²) in [6.45, 7) is 0. The molecule has 0 amide bonds. The van der Waals surface area contributed by atoms with E-state index in [9.17, 15) is 10.2 Å². The average molecular weight is 235 g/mol. The zero-order valence-corrected chi connectivity index (χ0v) is 9.51. The number of thiol groups is 1. The Kier molecular flexibility index (Phi) is 3.43.